The van der Waals surface area contributed by atoms with Gasteiger partial charge in [0.15, 0.2) is 0 Å². The third kappa shape index (κ3) is 9.51. The Labute approximate surface area is 371 Å². The fourth-order valence-corrected chi connectivity index (χ4v) is 10.1. The van der Waals surface area contributed by atoms with Crippen LogP contribution in [0.2, 0.25) is 0 Å². The first-order chi connectivity index (χ1) is 27.1. The van der Waals surface area contributed by atoms with Gasteiger partial charge in [-0.2, -0.15) is 0 Å². The summed E-state index contributed by atoms with van der Waals surface area (Å²) in [6.45, 7) is 53.4. The van der Waals surface area contributed by atoms with E-state index in [4.69, 9.17) is 8.39 Å². The van der Waals surface area contributed by atoms with E-state index in [2.05, 4.69) is 209 Å². The summed E-state index contributed by atoms with van der Waals surface area (Å²) in [5.41, 5.74) is 8.90. The van der Waals surface area contributed by atoms with Crippen LogP contribution in [-0.4, -0.2) is 10.2 Å². The smallest absolute Gasteiger partial charge is 0.253 e. The van der Waals surface area contributed by atoms with Crippen LogP contribution in [0.15, 0.2) is 50.9 Å². The topological polar surface area (TPSA) is 66.7 Å². The Kier molecular flexibility index (Phi) is 11.9. The van der Waals surface area contributed by atoms with E-state index in [1.165, 1.54) is 11.1 Å². The summed E-state index contributed by atoms with van der Waals surface area (Å²) in [7, 11) is -2.02. The third-order valence-corrected chi connectivity index (χ3v) is 13.8. The van der Waals surface area contributed by atoms with Crippen LogP contribution in [-0.2, 0) is 43.3 Å². The highest BCUT2D eigenvalue weighted by Crippen LogP contribution is 2.60. The predicted molar refractivity (Wildman–Crippen MR) is 266 cm³/mol. The SMILES string of the molecule is CC(C)(C)c1cc(-c2c(O)c(C(C)(C)C)cc(C(C)(C)C)c2-p2oc3c(C(C)(C)C)cc(C(C)(C)C)cc3c3cc(C(C)(C)C)cc(C(C)(C)C)c3o2)c(O)c(C(C)(C)C)c1. The molecule has 0 amide bonds. The molecule has 0 aliphatic carbocycles. The first-order valence-electron chi connectivity index (χ1n) is 22.5. The average molecular weight is 849 g/mol. The van der Waals surface area contributed by atoms with E-state index in [0.717, 1.165) is 60.6 Å². The molecule has 0 fully saturated rings. The number of hydrogen-bond acceptors (Lipinski definition) is 4. The monoisotopic (exact) mass is 849 g/mol. The molecule has 0 unspecified atom stereocenters. The maximum absolute atomic E-state index is 13.1. The highest BCUT2D eigenvalue weighted by molar-refractivity contribution is 7.46. The summed E-state index contributed by atoms with van der Waals surface area (Å²) in [5.74, 6) is 0.318. The van der Waals surface area contributed by atoms with E-state index in [1.807, 2.05) is 0 Å². The van der Waals surface area contributed by atoms with Crippen molar-refractivity contribution < 1.29 is 18.6 Å². The van der Waals surface area contributed by atoms with Crippen LogP contribution in [0.5, 0.6) is 11.5 Å². The second kappa shape index (κ2) is 15.0. The maximum Gasteiger partial charge on any atom is 0.253 e. The molecule has 5 heteroatoms. The molecule has 2 N–H and O–H groups in total. The average Bonchev–Trinajstić information content (AvgIpc) is 3.20. The largest absolute Gasteiger partial charge is 0.507 e. The van der Waals surface area contributed by atoms with Crippen molar-refractivity contribution in [2.45, 2.75) is 209 Å². The number of benzene rings is 4. The number of fused-ring (bicyclic) bond motifs is 3. The lowest BCUT2D eigenvalue weighted by Gasteiger charge is -2.32. The van der Waals surface area contributed by atoms with Crippen LogP contribution in [0.3, 0.4) is 0 Å². The zero-order chi connectivity index (χ0) is 46.8. The van der Waals surface area contributed by atoms with E-state index in [0.29, 0.717) is 11.1 Å². The molecular weight excluding hydrogens is 768 g/mol. The lowest BCUT2D eigenvalue weighted by Crippen LogP contribution is -2.19. The molecule has 4 nitrogen and oxygen atoms in total. The summed E-state index contributed by atoms with van der Waals surface area (Å²) in [6, 6.07) is 15.8. The van der Waals surface area contributed by atoms with Crippen molar-refractivity contribution >= 4 is 30.0 Å². The van der Waals surface area contributed by atoms with Crippen molar-refractivity contribution in [3.05, 3.63) is 87.0 Å². The lowest BCUT2D eigenvalue weighted by atomic mass is 9.75. The van der Waals surface area contributed by atoms with Gasteiger partial charge in [-0.3, -0.25) is 0 Å². The molecule has 5 rings (SSSR count). The second-order valence-electron chi connectivity index (χ2n) is 26.2. The molecule has 5 aromatic rings. The van der Waals surface area contributed by atoms with Crippen LogP contribution in [0.1, 0.15) is 211 Å². The Hall–Kier alpha value is -3.62. The van der Waals surface area contributed by atoms with Gasteiger partial charge in [0.1, 0.15) is 22.7 Å². The molecular formula is C56H81O4P. The van der Waals surface area contributed by atoms with Gasteiger partial charge in [0.05, 0.1) is 5.30 Å². The number of rotatable bonds is 2. The number of hydrogen-bond donors (Lipinski definition) is 2. The summed E-state index contributed by atoms with van der Waals surface area (Å²) in [5, 5.41) is 28.6. The van der Waals surface area contributed by atoms with Crippen molar-refractivity contribution in [1.82, 2.24) is 0 Å². The predicted octanol–water partition coefficient (Wildman–Crippen LogP) is 17.7. The Morgan fingerprint density at radius 3 is 0.984 bits per heavy atom. The highest BCUT2D eigenvalue weighted by atomic mass is 31.1. The first-order valence-corrected chi connectivity index (χ1v) is 23.7. The van der Waals surface area contributed by atoms with Gasteiger partial charge in [0.25, 0.3) is 8.01 Å². The number of phenolic OH excluding ortho intramolecular Hbond substituents is 2. The molecule has 0 aliphatic rings. The summed E-state index contributed by atoms with van der Waals surface area (Å²) < 4.78 is 15.4. The van der Waals surface area contributed by atoms with E-state index in [9.17, 15) is 10.2 Å². The maximum atomic E-state index is 13.1. The number of aromatic hydroxyl groups is 2. The summed E-state index contributed by atoms with van der Waals surface area (Å²) in [6.07, 6.45) is 0. The minimum absolute atomic E-state index is 0.136. The van der Waals surface area contributed by atoms with Crippen LogP contribution in [0, 0.1) is 0 Å². The van der Waals surface area contributed by atoms with Gasteiger partial charge >= 0.3 is 0 Å². The molecule has 0 saturated carbocycles. The molecule has 0 saturated heterocycles. The quantitative estimate of drug-likeness (QED) is 0.186. The minimum atomic E-state index is -2.02. The van der Waals surface area contributed by atoms with Crippen molar-refractivity contribution in [2.75, 3.05) is 0 Å². The van der Waals surface area contributed by atoms with Crippen molar-refractivity contribution in [2.24, 2.45) is 0 Å². The molecule has 0 atom stereocenters. The van der Waals surface area contributed by atoms with E-state index < -0.39 is 18.8 Å². The summed E-state index contributed by atoms with van der Waals surface area (Å²) in [4.78, 5) is 0. The van der Waals surface area contributed by atoms with Crippen LogP contribution in [0.25, 0.3) is 38.4 Å². The van der Waals surface area contributed by atoms with E-state index in [1.54, 1.807) is 0 Å². The highest BCUT2D eigenvalue weighted by Gasteiger charge is 2.37. The standard InChI is InChI=1S/C56H81O4P/c1-49(2,3)32-25-35-36-26-33(50(4,5)6)30-41(55(19,20)21)47(36)60-61(59-46(35)40(29-32)54(16,17)18)48-42(56(22,23)24)31-39(53(13,14)15)45(58)43(48)37-27-34(51(7,8)9)28-38(44(37)57)52(10,11)12/h25-31,57-58H,1-24H3. The molecule has 0 bridgehead atoms. The van der Waals surface area contributed by atoms with E-state index in [-0.39, 0.29) is 44.0 Å². The van der Waals surface area contributed by atoms with Crippen LogP contribution in [0.4, 0.5) is 0 Å². The van der Waals surface area contributed by atoms with Crippen molar-refractivity contribution in [3.63, 3.8) is 0 Å². The van der Waals surface area contributed by atoms with Gasteiger partial charge in [-0.05, 0) is 89.8 Å². The first kappa shape index (κ1) is 48.4. The minimum Gasteiger partial charge on any atom is -0.507 e. The Morgan fingerprint density at radius 2 is 0.656 bits per heavy atom. The lowest BCUT2D eigenvalue weighted by molar-refractivity contribution is 0.438. The zero-order valence-corrected chi connectivity index (χ0v) is 43.6. The second-order valence-corrected chi connectivity index (χ2v) is 27.5. The Balaban J connectivity index is 2.31. The van der Waals surface area contributed by atoms with Gasteiger partial charge in [-0.1, -0.05) is 184 Å². The zero-order valence-electron chi connectivity index (χ0n) is 42.7. The normalized spacial score (nSPS) is 14.0. The molecule has 61 heavy (non-hydrogen) atoms. The van der Waals surface area contributed by atoms with Gasteiger partial charge < -0.3 is 18.6 Å². The number of phenols is 2. The summed E-state index contributed by atoms with van der Waals surface area (Å²) >= 11 is 0. The molecule has 0 aliphatic heterocycles. The molecule has 0 radical (unpaired) electrons. The van der Waals surface area contributed by atoms with Crippen LogP contribution >= 0.6 is 8.01 Å². The van der Waals surface area contributed by atoms with Gasteiger partial charge in [0.2, 0.25) is 0 Å². The van der Waals surface area contributed by atoms with Crippen molar-refractivity contribution in [3.8, 4) is 27.9 Å². The Bertz CT molecular complexity index is 2450. The fourth-order valence-electron chi connectivity index (χ4n) is 8.19. The van der Waals surface area contributed by atoms with Gasteiger partial charge in [0, 0.05) is 44.2 Å². The Morgan fingerprint density at radius 1 is 0.344 bits per heavy atom. The van der Waals surface area contributed by atoms with E-state index >= 15 is 0 Å². The van der Waals surface area contributed by atoms with Gasteiger partial charge in [-0.25, -0.2) is 0 Å². The molecule has 1 heterocycles. The van der Waals surface area contributed by atoms with Crippen LogP contribution < -0.4 is 0 Å². The molecule has 4 aromatic carbocycles. The molecule has 1 aromatic heterocycles. The molecule has 334 valence electrons. The van der Waals surface area contributed by atoms with Gasteiger partial charge in [-0.15, -0.1) is 0 Å². The van der Waals surface area contributed by atoms with Crippen molar-refractivity contribution in [1.29, 1.82) is 0 Å². The fraction of sp³-hybridized carbons (Fsp3) is 0.571. The molecule has 0 spiro atoms. The third-order valence-electron chi connectivity index (χ3n) is 12.3.